The molecule has 8 nitrogen and oxygen atoms in total. The van der Waals surface area contributed by atoms with Gasteiger partial charge in [-0.25, -0.2) is 0 Å². The maximum atomic E-state index is 12.4. The van der Waals surface area contributed by atoms with Gasteiger partial charge in [0.25, 0.3) is 0 Å². The largest absolute Gasteiger partial charge is 0.467 e. The Balaban J connectivity index is 1.54. The van der Waals surface area contributed by atoms with Crippen LogP contribution in [0.15, 0.2) is 52.5 Å². The molecule has 1 aliphatic heterocycles. The number of hydrogen-bond donors (Lipinski definition) is 0. The molecule has 0 spiro atoms. The summed E-state index contributed by atoms with van der Waals surface area (Å²) >= 11 is 1.38. The molecule has 0 saturated carbocycles. The van der Waals surface area contributed by atoms with Crippen LogP contribution in [0.3, 0.4) is 0 Å². The number of pyridine rings is 1. The van der Waals surface area contributed by atoms with Gasteiger partial charge in [0.1, 0.15) is 5.76 Å². The number of thioether (sulfide) groups is 1. The number of nitrogens with zero attached hydrogens (tertiary/aromatic N) is 5. The van der Waals surface area contributed by atoms with E-state index in [0.29, 0.717) is 49.6 Å². The SMILES string of the molecule is O=C(CSc1nnc(-c2cccnc2)n1Cc1ccco1)N1CCOCC1. The molecule has 0 unspecified atom stereocenters. The highest BCUT2D eigenvalue weighted by atomic mass is 32.2. The summed E-state index contributed by atoms with van der Waals surface area (Å²) in [7, 11) is 0. The van der Waals surface area contributed by atoms with Crippen molar-refractivity contribution in [1.82, 2.24) is 24.6 Å². The summed E-state index contributed by atoms with van der Waals surface area (Å²) < 4.78 is 12.7. The summed E-state index contributed by atoms with van der Waals surface area (Å²) in [6.07, 6.45) is 5.10. The Bertz CT molecular complexity index is 876. The highest BCUT2D eigenvalue weighted by Gasteiger charge is 2.20. The molecule has 1 amide bonds. The van der Waals surface area contributed by atoms with Crippen molar-refractivity contribution in [2.75, 3.05) is 32.1 Å². The van der Waals surface area contributed by atoms with Gasteiger partial charge in [-0.15, -0.1) is 10.2 Å². The van der Waals surface area contributed by atoms with Crippen LogP contribution in [0.25, 0.3) is 11.4 Å². The minimum absolute atomic E-state index is 0.0822. The number of morpholine rings is 1. The fourth-order valence-electron chi connectivity index (χ4n) is 2.84. The summed E-state index contributed by atoms with van der Waals surface area (Å²) in [4.78, 5) is 18.4. The van der Waals surface area contributed by atoms with Crippen LogP contribution in [0, 0.1) is 0 Å². The molecule has 0 atom stereocenters. The summed E-state index contributed by atoms with van der Waals surface area (Å²) in [5.74, 6) is 1.88. The zero-order valence-electron chi connectivity index (χ0n) is 14.7. The summed E-state index contributed by atoms with van der Waals surface area (Å²) in [6, 6.07) is 7.54. The molecule has 0 bridgehead atoms. The van der Waals surface area contributed by atoms with E-state index in [1.165, 1.54) is 11.8 Å². The molecule has 4 heterocycles. The van der Waals surface area contributed by atoms with Crippen molar-refractivity contribution >= 4 is 17.7 Å². The minimum atomic E-state index is 0.0822. The van der Waals surface area contributed by atoms with Gasteiger partial charge in [-0.2, -0.15) is 0 Å². The third-order valence-electron chi connectivity index (χ3n) is 4.22. The number of carbonyl (C=O) groups is 1. The Kier molecular flexibility index (Phi) is 5.50. The van der Waals surface area contributed by atoms with Crippen molar-refractivity contribution in [3.63, 3.8) is 0 Å². The van der Waals surface area contributed by atoms with Crippen molar-refractivity contribution in [1.29, 1.82) is 0 Å². The van der Waals surface area contributed by atoms with Gasteiger partial charge in [-0.3, -0.25) is 14.3 Å². The number of furan rings is 1. The van der Waals surface area contributed by atoms with Gasteiger partial charge in [0.2, 0.25) is 5.91 Å². The first-order valence-corrected chi connectivity index (χ1v) is 9.64. The zero-order valence-corrected chi connectivity index (χ0v) is 15.5. The quantitative estimate of drug-likeness (QED) is 0.599. The molecule has 3 aromatic rings. The van der Waals surface area contributed by atoms with E-state index < -0.39 is 0 Å². The zero-order chi connectivity index (χ0) is 18.5. The third-order valence-corrected chi connectivity index (χ3v) is 5.17. The minimum Gasteiger partial charge on any atom is -0.467 e. The summed E-state index contributed by atoms with van der Waals surface area (Å²) in [6.45, 7) is 2.95. The van der Waals surface area contributed by atoms with Crippen LogP contribution in [-0.4, -0.2) is 62.6 Å². The Morgan fingerprint density at radius 1 is 1.19 bits per heavy atom. The fourth-order valence-corrected chi connectivity index (χ4v) is 3.68. The number of carbonyl (C=O) groups excluding carboxylic acids is 1. The highest BCUT2D eigenvalue weighted by molar-refractivity contribution is 7.99. The van der Waals surface area contributed by atoms with Crippen LogP contribution in [0.1, 0.15) is 5.76 Å². The lowest BCUT2D eigenvalue weighted by molar-refractivity contribution is -0.132. The Morgan fingerprint density at radius 2 is 2.07 bits per heavy atom. The van der Waals surface area contributed by atoms with E-state index in [2.05, 4.69) is 15.2 Å². The number of aromatic nitrogens is 4. The Morgan fingerprint density at radius 3 is 2.81 bits per heavy atom. The topological polar surface area (TPSA) is 86.3 Å². The molecule has 1 fully saturated rings. The molecular weight excluding hydrogens is 366 g/mol. The standard InChI is InChI=1S/C18H19N5O3S/c24-16(22-6-9-25-10-7-22)13-27-18-21-20-17(14-3-1-5-19-11-14)23(18)12-15-4-2-8-26-15/h1-5,8,11H,6-7,9-10,12-13H2. The van der Waals surface area contributed by atoms with Gasteiger partial charge in [-0.05, 0) is 24.3 Å². The number of ether oxygens (including phenoxy) is 1. The van der Waals surface area contributed by atoms with Crippen LogP contribution in [0.4, 0.5) is 0 Å². The van der Waals surface area contributed by atoms with Gasteiger partial charge in [-0.1, -0.05) is 11.8 Å². The Labute approximate surface area is 160 Å². The number of hydrogen-bond acceptors (Lipinski definition) is 7. The van der Waals surface area contributed by atoms with Gasteiger partial charge in [0.15, 0.2) is 11.0 Å². The van der Waals surface area contributed by atoms with E-state index in [1.807, 2.05) is 33.7 Å². The maximum absolute atomic E-state index is 12.4. The molecule has 140 valence electrons. The van der Waals surface area contributed by atoms with Crippen LogP contribution in [0.2, 0.25) is 0 Å². The molecule has 0 radical (unpaired) electrons. The molecule has 3 aromatic heterocycles. The monoisotopic (exact) mass is 385 g/mol. The average Bonchev–Trinajstić information content (AvgIpc) is 3.38. The third kappa shape index (κ3) is 4.20. The lowest BCUT2D eigenvalue weighted by atomic mass is 10.2. The van der Waals surface area contributed by atoms with Gasteiger partial charge < -0.3 is 14.1 Å². The molecular formula is C18H19N5O3S. The number of rotatable bonds is 6. The van der Waals surface area contributed by atoms with E-state index in [4.69, 9.17) is 9.15 Å². The van der Waals surface area contributed by atoms with E-state index >= 15 is 0 Å². The van der Waals surface area contributed by atoms with E-state index in [-0.39, 0.29) is 5.91 Å². The molecule has 1 saturated heterocycles. The van der Waals surface area contributed by atoms with Crippen molar-refractivity contribution in [2.45, 2.75) is 11.7 Å². The van der Waals surface area contributed by atoms with Crippen molar-refractivity contribution < 1.29 is 13.9 Å². The van der Waals surface area contributed by atoms with Crippen LogP contribution in [0.5, 0.6) is 0 Å². The first-order chi connectivity index (χ1) is 13.3. The van der Waals surface area contributed by atoms with Crippen LogP contribution >= 0.6 is 11.8 Å². The average molecular weight is 385 g/mol. The summed E-state index contributed by atoms with van der Waals surface area (Å²) in [5.41, 5.74) is 0.864. The van der Waals surface area contributed by atoms with E-state index in [1.54, 1.807) is 18.7 Å². The molecule has 27 heavy (non-hydrogen) atoms. The van der Waals surface area contributed by atoms with E-state index in [9.17, 15) is 4.79 Å². The maximum Gasteiger partial charge on any atom is 0.233 e. The second kappa shape index (κ2) is 8.36. The second-order valence-corrected chi connectivity index (χ2v) is 6.94. The molecule has 0 N–H and O–H groups in total. The fraction of sp³-hybridized carbons (Fsp3) is 0.333. The smallest absolute Gasteiger partial charge is 0.233 e. The highest BCUT2D eigenvalue weighted by Crippen LogP contribution is 2.25. The molecule has 0 aliphatic carbocycles. The molecule has 1 aliphatic rings. The molecule has 0 aromatic carbocycles. The lowest BCUT2D eigenvalue weighted by Crippen LogP contribution is -2.41. The number of amides is 1. The van der Waals surface area contributed by atoms with Crippen LogP contribution in [-0.2, 0) is 16.1 Å². The van der Waals surface area contributed by atoms with Gasteiger partial charge >= 0.3 is 0 Å². The lowest BCUT2D eigenvalue weighted by Gasteiger charge is -2.26. The van der Waals surface area contributed by atoms with Crippen molar-refractivity contribution in [2.24, 2.45) is 0 Å². The first kappa shape index (κ1) is 17.7. The molecule has 4 rings (SSSR count). The van der Waals surface area contributed by atoms with Gasteiger partial charge in [0, 0.05) is 31.0 Å². The first-order valence-electron chi connectivity index (χ1n) is 8.65. The Hall–Kier alpha value is -2.65. The van der Waals surface area contributed by atoms with Crippen LogP contribution < -0.4 is 0 Å². The van der Waals surface area contributed by atoms with E-state index in [0.717, 1.165) is 11.3 Å². The normalized spacial score (nSPS) is 14.4. The summed E-state index contributed by atoms with van der Waals surface area (Å²) in [5, 5.41) is 9.30. The van der Waals surface area contributed by atoms with Gasteiger partial charge in [0.05, 0.1) is 31.8 Å². The second-order valence-electron chi connectivity index (χ2n) is 6.00. The van der Waals surface area contributed by atoms with Crippen molar-refractivity contribution in [3.8, 4) is 11.4 Å². The predicted octanol–water partition coefficient (Wildman–Crippen LogP) is 1.93. The van der Waals surface area contributed by atoms with Crippen molar-refractivity contribution in [3.05, 3.63) is 48.7 Å². The predicted molar refractivity (Wildman–Crippen MR) is 99.2 cm³/mol. The molecule has 9 heteroatoms.